The fourth-order valence-electron chi connectivity index (χ4n) is 1.63. The Kier molecular flexibility index (Phi) is 4.45. The third-order valence-corrected chi connectivity index (χ3v) is 2.62. The second kappa shape index (κ2) is 6.47. The zero-order valence-corrected chi connectivity index (χ0v) is 11.3. The van der Waals surface area contributed by atoms with E-state index in [-0.39, 0.29) is 18.1 Å². The first-order chi connectivity index (χ1) is 10.1. The molecule has 1 aromatic heterocycles. The van der Waals surface area contributed by atoms with Crippen LogP contribution < -0.4 is 15.4 Å². The van der Waals surface area contributed by atoms with Gasteiger partial charge in [-0.3, -0.25) is 9.59 Å². The number of hydrogen-bond donors (Lipinski definition) is 3. The highest BCUT2D eigenvalue weighted by molar-refractivity contribution is 5.98. The van der Waals surface area contributed by atoms with Gasteiger partial charge in [0.1, 0.15) is 0 Å². The SMILES string of the molecule is COc1ccc(NC(=O)CNC(=O)c2ccco2)cc1O. The van der Waals surface area contributed by atoms with E-state index in [1.807, 2.05) is 0 Å². The minimum Gasteiger partial charge on any atom is -0.504 e. The molecule has 2 aromatic rings. The molecular weight excluding hydrogens is 276 g/mol. The molecule has 0 radical (unpaired) electrons. The molecule has 0 aliphatic heterocycles. The molecule has 0 aliphatic rings. The average molecular weight is 290 g/mol. The van der Waals surface area contributed by atoms with Crippen LogP contribution in [0, 0.1) is 0 Å². The van der Waals surface area contributed by atoms with Gasteiger partial charge >= 0.3 is 0 Å². The first-order valence-corrected chi connectivity index (χ1v) is 6.08. The Morgan fingerprint density at radius 1 is 1.33 bits per heavy atom. The summed E-state index contributed by atoms with van der Waals surface area (Å²) in [5.41, 5.74) is 0.394. The summed E-state index contributed by atoms with van der Waals surface area (Å²) in [6, 6.07) is 7.52. The Morgan fingerprint density at radius 3 is 2.76 bits per heavy atom. The quantitative estimate of drug-likeness (QED) is 0.772. The van der Waals surface area contributed by atoms with Crippen molar-refractivity contribution in [2.24, 2.45) is 0 Å². The molecule has 0 unspecified atom stereocenters. The lowest BCUT2D eigenvalue weighted by Crippen LogP contribution is -2.32. The van der Waals surface area contributed by atoms with Crippen LogP contribution in [0.25, 0.3) is 0 Å². The molecule has 7 heteroatoms. The van der Waals surface area contributed by atoms with Gasteiger partial charge in [-0.2, -0.15) is 0 Å². The summed E-state index contributed by atoms with van der Waals surface area (Å²) in [5, 5.41) is 14.5. The summed E-state index contributed by atoms with van der Waals surface area (Å²) in [6.45, 7) is -0.216. The molecule has 0 fully saturated rings. The highest BCUT2D eigenvalue weighted by Crippen LogP contribution is 2.28. The lowest BCUT2D eigenvalue weighted by atomic mass is 10.2. The van der Waals surface area contributed by atoms with Crippen LogP contribution in [0.3, 0.4) is 0 Å². The van der Waals surface area contributed by atoms with Gasteiger partial charge in [-0.05, 0) is 24.3 Å². The van der Waals surface area contributed by atoms with E-state index in [1.54, 1.807) is 12.1 Å². The lowest BCUT2D eigenvalue weighted by molar-refractivity contribution is -0.115. The van der Waals surface area contributed by atoms with Crippen molar-refractivity contribution in [2.45, 2.75) is 0 Å². The van der Waals surface area contributed by atoms with E-state index in [0.29, 0.717) is 11.4 Å². The van der Waals surface area contributed by atoms with E-state index >= 15 is 0 Å². The second-order valence-corrected chi connectivity index (χ2v) is 4.09. The van der Waals surface area contributed by atoms with Crippen molar-refractivity contribution in [3.63, 3.8) is 0 Å². The molecule has 0 spiro atoms. The number of ether oxygens (including phenoxy) is 1. The molecule has 0 aliphatic carbocycles. The fourth-order valence-corrected chi connectivity index (χ4v) is 1.63. The number of phenols is 1. The molecule has 2 amide bonds. The van der Waals surface area contributed by atoms with E-state index in [4.69, 9.17) is 9.15 Å². The fraction of sp³-hybridized carbons (Fsp3) is 0.143. The normalized spacial score (nSPS) is 9.95. The maximum atomic E-state index is 11.7. The smallest absolute Gasteiger partial charge is 0.287 e. The third-order valence-electron chi connectivity index (χ3n) is 2.62. The van der Waals surface area contributed by atoms with Crippen LogP contribution in [0.2, 0.25) is 0 Å². The molecule has 0 atom stereocenters. The Bertz CT molecular complexity index is 637. The van der Waals surface area contributed by atoms with Gasteiger partial charge < -0.3 is 24.9 Å². The molecule has 0 saturated carbocycles. The van der Waals surface area contributed by atoms with Crippen LogP contribution in [-0.4, -0.2) is 30.6 Å². The van der Waals surface area contributed by atoms with E-state index in [9.17, 15) is 14.7 Å². The van der Waals surface area contributed by atoms with Gasteiger partial charge in [0, 0.05) is 11.8 Å². The van der Waals surface area contributed by atoms with Gasteiger partial charge in [-0.25, -0.2) is 0 Å². The highest BCUT2D eigenvalue weighted by atomic mass is 16.5. The molecular formula is C14H14N2O5. The van der Waals surface area contributed by atoms with Gasteiger partial charge in [0.15, 0.2) is 17.3 Å². The van der Waals surface area contributed by atoms with E-state index < -0.39 is 11.8 Å². The number of aromatic hydroxyl groups is 1. The molecule has 2 rings (SSSR count). The third kappa shape index (κ3) is 3.75. The first-order valence-electron chi connectivity index (χ1n) is 6.08. The molecule has 1 aromatic carbocycles. The Labute approximate surface area is 120 Å². The van der Waals surface area contributed by atoms with Crippen molar-refractivity contribution >= 4 is 17.5 Å². The van der Waals surface area contributed by atoms with E-state index in [1.165, 1.54) is 31.6 Å². The van der Waals surface area contributed by atoms with Gasteiger partial charge in [0.2, 0.25) is 5.91 Å². The summed E-state index contributed by atoms with van der Waals surface area (Å²) in [5.74, 6) is -0.564. The van der Waals surface area contributed by atoms with E-state index in [0.717, 1.165) is 0 Å². The van der Waals surface area contributed by atoms with E-state index in [2.05, 4.69) is 10.6 Å². The molecule has 110 valence electrons. The number of benzene rings is 1. The number of anilines is 1. The Hall–Kier alpha value is -2.96. The monoisotopic (exact) mass is 290 g/mol. The van der Waals surface area contributed by atoms with Crippen LogP contribution >= 0.6 is 0 Å². The minimum atomic E-state index is -0.479. The molecule has 21 heavy (non-hydrogen) atoms. The standard InChI is InChI=1S/C14H14N2O5/c1-20-11-5-4-9(7-10(11)17)16-13(18)8-15-14(19)12-3-2-6-21-12/h2-7,17H,8H2,1H3,(H,15,19)(H,16,18). The number of methoxy groups -OCH3 is 1. The number of furan rings is 1. The predicted molar refractivity (Wildman–Crippen MR) is 74.3 cm³/mol. The first kappa shape index (κ1) is 14.4. The summed E-state index contributed by atoms with van der Waals surface area (Å²) < 4.78 is 9.79. The Balaban J connectivity index is 1.87. The minimum absolute atomic E-state index is 0.0880. The van der Waals surface area contributed by atoms with Gasteiger partial charge in [-0.15, -0.1) is 0 Å². The van der Waals surface area contributed by atoms with Crippen LogP contribution in [0.1, 0.15) is 10.6 Å². The lowest BCUT2D eigenvalue weighted by Gasteiger charge is -2.08. The predicted octanol–water partition coefficient (Wildman–Crippen LogP) is 1.36. The summed E-state index contributed by atoms with van der Waals surface area (Å²) in [7, 11) is 1.43. The largest absolute Gasteiger partial charge is 0.504 e. The number of nitrogens with one attached hydrogen (secondary N) is 2. The summed E-state index contributed by atoms with van der Waals surface area (Å²) in [6.07, 6.45) is 1.37. The number of rotatable bonds is 5. The zero-order chi connectivity index (χ0) is 15.2. The summed E-state index contributed by atoms with van der Waals surface area (Å²) in [4.78, 5) is 23.2. The maximum absolute atomic E-state index is 11.7. The van der Waals surface area contributed by atoms with Crippen LogP contribution in [0.5, 0.6) is 11.5 Å². The highest BCUT2D eigenvalue weighted by Gasteiger charge is 2.11. The molecule has 1 heterocycles. The van der Waals surface area contributed by atoms with Crippen molar-refractivity contribution < 1.29 is 23.8 Å². The number of amides is 2. The average Bonchev–Trinajstić information content (AvgIpc) is 2.99. The number of hydrogen-bond acceptors (Lipinski definition) is 5. The van der Waals surface area contributed by atoms with Gasteiger partial charge in [0.25, 0.3) is 5.91 Å². The van der Waals surface area contributed by atoms with Crippen LogP contribution in [-0.2, 0) is 4.79 Å². The molecule has 3 N–H and O–H groups in total. The van der Waals surface area contributed by atoms with Crippen LogP contribution in [0.15, 0.2) is 41.0 Å². The molecule has 0 saturated heterocycles. The number of phenolic OH excluding ortho intramolecular Hbond substituents is 1. The van der Waals surface area contributed by atoms with Gasteiger partial charge in [0.05, 0.1) is 19.9 Å². The maximum Gasteiger partial charge on any atom is 0.287 e. The van der Waals surface area contributed by atoms with Crippen molar-refractivity contribution in [1.82, 2.24) is 5.32 Å². The van der Waals surface area contributed by atoms with Crippen molar-refractivity contribution in [3.8, 4) is 11.5 Å². The Morgan fingerprint density at radius 2 is 2.14 bits per heavy atom. The topological polar surface area (TPSA) is 101 Å². The number of carbonyl (C=O) groups excluding carboxylic acids is 2. The van der Waals surface area contributed by atoms with Crippen molar-refractivity contribution in [3.05, 3.63) is 42.4 Å². The van der Waals surface area contributed by atoms with Crippen LogP contribution in [0.4, 0.5) is 5.69 Å². The summed E-state index contributed by atoms with van der Waals surface area (Å²) >= 11 is 0. The number of carbonyl (C=O) groups is 2. The van der Waals surface area contributed by atoms with Crippen molar-refractivity contribution in [2.75, 3.05) is 19.0 Å². The molecule has 7 nitrogen and oxygen atoms in total. The van der Waals surface area contributed by atoms with Gasteiger partial charge in [-0.1, -0.05) is 0 Å². The second-order valence-electron chi connectivity index (χ2n) is 4.09. The molecule has 0 bridgehead atoms. The van der Waals surface area contributed by atoms with Crippen molar-refractivity contribution in [1.29, 1.82) is 0 Å². The zero-order valence-electron chi connectivity index (χ0n) is 11.3.